The molecule has 0 spiro atoms. The first-order chi connectivity index (χ1) is 10.5. The first-order valence-electron chi connectivity index (χ1n) is 6.58. The summed E-state index contributed by atoms with van der Waals surface area (Å²) in [6.45, 7) is 0.731. The second kappa shape index (κ2) is 6.15. The van der Waals surface area contributed by atoms with E-state index in [2.05, 4.69) is 9.57 Å². The van der Waals surface area contributed by atoms with E-state index < -0.39 is 36.6 Å². The quantitative estimate of drug-likeness (QED) is 0.564. The van der Waals surface area contributed by atoms with E-state index in [-0.39, 0.29) is 6.54 Å². The number of nitrogens with zero attached hydrogens (tertiary/aromatic N) is 2. The van der Waals surface area contributed by atoms with Crippen molar-refractivity contribution in [2.45, 2.75) is 37.5 Å². The van der Waals surface area contributed by atoms with Gasteiger partial charge in [-0.25, -0.2) is 9.59 Å². The minimum atomic E-state index is -5.31. The van der Waals surface area contributed by atoms with Crippen molar-refractivity contribution in [3.05, 3.63) is 0 Å². The van der Waals surface area contributed by atoms with Gasteiger partial charge in [-0.1, -0.05) is 5.06 Å². The Morgan fingerprint density at radius 1 is 0.913 bits per heavy atom. The van der Waals surface area contributed by atoms with Crippen LogP contribution in [0.25, 0.3) is 0 Å². The van der Waals surface area contributed by atoms with E-state index in [1.807, 2.05) is 0 Å². The summed E-state index contributed by atoms with van der Waals surface area (Å²) >= 11 is 0. The van der Waals surface area contributed by atoms with Crippen molar-refractivity contribution in [3.63, 3.8) is 0 Å². The molecule has 2 saturated heterocycles. The summed E-state index contributed by atoms with van der Waals surface area (Å²) in [5.41, 5.74) is 0. The second-order valence-corrected chi connectivity index (χ2v) is 5.08. The van der Waals surface area contributed by atoms with Crippen molar-refractivity contribution in [3.8, 4) is 0 Å². The van der Waals surface area contributed by atoms with Crippen LogP contribution in [0.3, 0.4) is 0 Å². The molecule has 0 aromatic carbocycles. The van der Waals surface area contributed by atoms with Crippen LogP contribution in [0.4, 0.5) is 26.3 Å². The molecule has 0 radical (unpaired) electrons. The van der Waals surface area contributed by atoms with E-state index in [1.165, 1.54) is 0 Å². The predicted molar refractivity (Wildman–Crippen MR) is 59.4 cm³/mol. The lowest BCUT2D eigenvalue weighted by Crippen LogP contribution is -2.68. The number of hydroxylamine groups is 2. The Morgan fingerprint density at radius 2 is 1.43 bits per heavy atom. The zero-order valence-corrected chi connectivity index (χ0v) is 11.5. The van der Waals surface area contributed by atoms with E-state index >= 15 is 0 Å². The van der Waals surface area contributed by atoms with Crippen molar-refractivity contribution in [1.82, 2.24) is 9.96 Å². The summed E-state index contributed by atoms with van der Waals surface area (Å²) in [4.78, 5) is 27.3. The Balaban J connectivity index is 2.04. The Hall–Kier alpha value is -1.56. The summed E-state index contributed by atoms with van der Waals surface area (Å²) in [5, 5.41) is 0.294. The SMILES string of the molecule is O=C(OC1C(N2CCCC2)CN1OC(=O)C(F)(F)F)C(F)(F)F. The van der Waals surface area contributed by atoms with Crippen molar-refractivity contribution < 1.29 is 45.5 Å². The van der Waals surface area contributed by atoms with E-state index in [0.717, 1.165) is 12.8 Å². The van der Waals surface area contributed by atoms with Gasteiger partial charge in [0.15, 0.2) is 0 Å². The van der Waals surface area contributed by atoms with E-state index in [1.54, 1.807) is 4.90 Å². The topological polar surface area (TPSA) is 59.1 Å². The van der Waals surface area contributed by atoms with Gasteiger partial charge in [-0.15, -0.1) is 0 Å². The molecular formula is C11H12F6N2O4. The third kappa shape index (κ3) is 4.05. The number of likely N-dealkylation sites (tertiary alicyclic amines) is 1. The highest BCUT2D eigenvalue weighted by atomic mass is 19.4. The molecule has 0 N–H and O–H groups in total. The van der Waals surface area contributed by atoms with Gasteiger partial charge in [0.25, 0.3) is 0 Å². The van der Waals surface area contributed by atoms with Gasteiger partial charge in [-0.2, -0.15) is 26.3 Å². The molecule has 132 valence electrons. The van der Waals surface area contributed by atoms with Crippen molar-refractivity contribution in [2.75, 3.05) is 19.6 Å². The molecule has 2 aliphatic heterocycles. The van der Waals surface area contributed by atoms with E-state index in [0.29, 0.717) is 18.2 Å². The van der Waals surface area contributed by atoms with E-state index in [4.69, 9.17) is 0 Å². The zero-order chi connectivity index (χ0) is 17.4. The van der Waals surface area contributed by atoms with Crippen LogP contribution in [0.1, 0.15) is 12.8 Å². The van der Waals surface area contributed by atoms with Crippen LogP contribution in [0.2, 0.25) is 0 Å². The van der Waals surface area contributed by atoms with Gasteiger partial charge in [0.1, 0.15) is 0 Å². The number of esters is 1. The first kappa shape index (κ1) is 17.8. The summed E-state index contributed by atoms with van der Waals surface area (Å²) in [6.07, 6.45) is -10.8. The number of alkyl halides is 6. The molecule has 2 heterocycles. The molecule has 0 saturated carbocycles. The van der Waals surface area contributed by atoms with Crippen LogP contribution in [0.5, 0.6) is 0 Å². The Bertz CT molecular complexity index is 474. The average Bonchev–Trinajstić information content (AvgIpc) is 2.90. The number of rotatable bonds is 3. The normalized spacial score (nSPS) is 26.7. The van der Waals surface area contributed by atoms with Crippen LogP contribution in [0, 0.1) is 0 Å². The maximum atomic E-state index is 12.3. The number of halogens is 6. The Morgan fingerprint density at radius 3 is 1.91 bits per heavy atom. The van der Waals surface area contributed by atoms with Crippen LogP contribution < -0.4 is 0 Å². The summed E-state index contributed by atoms with van der Waals surface area (Å²) in [5.74, 6) is -5.15. The number of carbonyl (C=O) groups is 2. The Labute approximate surface area is 125 Å². The largest absolute Gasteiger partial charge is 0.492 e. The summed E-state index contributed by atoms with van der Waals surface area (Å²) in [7, 11) is 0. The van der Waals surface area contributed by atoms with Crippen molar-refractivity contribution in [1.29, 1.82) is 0 Å². The summed E-state index contributed by atoms with van der Waals surface area (Å²) < 4.78 is 77.4. The lowest BCUT2D eigenvalue weighted by Gasteiger charge is -2.48. The maximum Gasteiger partial charge on any atom is 0.492 e. The highest BCUT2D eigenvalue weighted by Gasteiger charge is 2.54. The molecule has 23 heavy (non-hydrogen) atoms. The molecule has 0 amide bonds. The molecule has 0 aromatic heterocycles. The average molecular weight is 350 g/mol. The van der Waals surface area contributed by atoms with Crippen molar-refractivity contribution in [2.24, 2.45) is 0 Å². The maximum absolute atomic E-state index is 12.3. The monoisotopic (exact) mass is 350 g/mol. The first-order valence-corrected chi connectivity index (χ1v) is 6.58. The second-order valence-electron chi connectivity index (χ2n) is 5.08. The minimum Gasteiger partial charge on any atom is -0.435 e. The van der Waals surface area contributed by atoms with Gasteiger partial charge in [-0.3, -0.25) is 4.90 Å². The highest BCUT2D eigenvalue weighted by Crippen LogP contribution is 2.31. The van der Waals surface area contributed by atoms with Gasteiger partial charge in [0.05, 0.1) is 12.6 Å². The minimum absolute atomic E-state index is 0.280. The van der Waals surface area contributed by atoms with Crippen LogP contribution >= 0.6 is 0 Å². The third-order valence-electron chi connectivity index (χ3n) is 3.48. The fourth-order valence-corrected chi connectivity index (χ4v) is 2.36. The molecule has 6 nitrogen and oxygen atoms in total. The number of ether oxygens (including phenoxy) is 1. The molecule has 0 bridgehead atoms. The molecule has 2 fully saturated rings. The lowest BCUT2D eigenvalue weighted by molar-refractivity contribution is -0.324. The van der Waals surface area contributed by atoms with Gasteiger partial charge in [0.2, 0.25) is 6.23 Å². The van der Waals surface area contributed by atoms with Crippen LogP contribution in [0.15, 0.2) is 0 Å². The lowest BCUT2D eigenvalue weighted by atomic mass is 10.1. The number of carbonyl (C=O) groups excluding carboxylic acids is 2. The Kier molecular flexibility index (Phi) is 4.76. The fourth-order valence-electron chi connectivity index (χ4n) is 2.36. The van der Waals surface area contributed by atoms with Gasteiger partial charge >= 0.3 is 24.3 Å². The van der Waals surface area contributed by atoms with Crippen LogP contribution in [-0.2, 0) is 19.2 Å². The predicted octanol–water partition coefficient (Wildman–Crippen LogP) is 1.22. The number of hydrogen-bond donors (Lipinski definition) is 0. The molecule has 2 aliphatic rings. The fraction of sp³-hybridized carbons (Fsp3) is 0.818. The van der Waals surface area contributed by atoms with Crippen molar-refractivity contribution >= 4 is 11.9 Å². The molecule has 0 aliphatic carbocycles. The summed E-state index contributed by atoms with van der Waals surface area (Å²) in [6, 6.07) is -0.759. The molecule has 12 heteroatoms. The van der Waals surface area contributed by atoms with Crippen LogP contribution in [-0.4, -0.2) is 66.2 Å². The molecule has 0 aromatic rings. The van der Waals surface area contributed by atoms with Gasteiger partial charge in [0, 0.05) is 0 Å². The molecular weight excluding hydrogens is 338 g/mol. The van der Waals surface area contributed by atoms with Gasteiger partial charge in [-0.05, 0) is 25.9 Å². The number of hydrogen-bond acceptors (Lipinski definition) is 6. The molecule has 2 rings (SSSR count). The van der Waals surface area contributed by atoms with Gasteiger partial charge < -0.3 is 9.57 Å². The standard InChI is InChI=1S/C11H12F6N2O4/c12-10(13,14)8(20)22-7-6(18-3-1-2-4-18)5-19(7)23-9(21)11(15,16)17/h6-7H,1-5H2. The smallest absolute Gasteiger partial charge is 0.435 e. The molecule has 2 unspecified atom stereocenters. The highest BCUT2D eigenvalue weighted by molar-refractivity contribution is 5.76. The third-order valence-corrected chi connectivity index (χ3v) is 3.48. The van der Waals surface area contributed by atoms with E-state index in [9.17, 15) is 35.9 Å². The molecule has 2 atom stereocenters. The zero-order valence-electron chi connectivity index (χ0n) is 11.5.